The van der Waals surface area contributed by atoms with E-state index in [2.05, 4.69) is 16.4 Å². The summed E-state index contributed by atoms with van der Waals surface area (Å²) in [5.41, 5.74) is 2.21. The van der Waals surface area contributed by atoms with Crippen molar-refractivity contribution in [2.45, 2.75) is 20.4 Å². The number of ether oxygens (including phenoxy) is 1. The largest absolute Gasteiger partial charge is 0.509 e. The number of methoxy groups -OCH3 is 1. The van der Waals surface area contributed by atoms with E-state index >= 15 is 0 Å². The zero-order chi connectivity index (χ0) is 14.8. The van der Waals surface area contributed by atoms with Gasteiger partial charge in [-0.25, -0.2) is 0 Å². The normalized spacial score (nSPS) is 8.71. The van der Waals surface area contributed by atoms with Crippen molar-refractivity contribution in [3.05, 3.63) is 59.9 Å². The van der Waals surface area contributed by atoms with Crippen LogP contribution in [0.1, 0.15) is 29.8 Å². The van der Waals surface area contributed by atoms with E-state index in [9.17, 15) is 4.79 Å². The van der Waals surface area contributed by atoms with Crippen LogP contribution in [0.4, 0.5) is 5.69 Å². The van der Waals surface area contributed by atoms with E-state index in [4.69, 9.17) is 4.74 Å². The maximum absolute atomic E-state index is 11.5. The molecule has 112 valence electrons. The number of nitrogens with one attached hydrogen (secondary N) is 1. The third kappa shape index (κ3) is 6.09. The number of aromatic nitrogens is 1. The second-order valence-corrected chi connectivity index (χ2v) is 3.66. The van der Waals surface area contributed by atoms with Gasteiger partial charge in [-0.3, -0.25) is 4.98 Å². The van der Waals surface area contributed by atoms with Crippen LogP contribution in [0.25, 0.3) is 0 Å². The van der Waals surface area contributed by atoms with Crippen molar-refractivity contribution in [1.82, 2.24) is 4.98 Å². The summed E-state index contributed by atoms with van der Waals surface area (Å²) in [6.45, 7) is 4.62. The zero-order valence-corrected chi connectivity index (χ0v) is 15.4. The van der Waals surface area contributed by atoms with Crippen LogP contribution < -0.4 is 5.32 Å². The number of carbonyl (C=O) groups excluding carboxylic acids is 1. The first-order chi connectivity index (χ1) is 9.81. The van der Waals surface area contributed by atoms with Crippen LogP contribution in [-0.2, 0) is 32.3 Å². The van der Waals surface area contributed by atoms with E-state index in [0.29, 0.717) is 17.8 Å². The molecule has 5 heteroatoms. The van der Waals surface area contributed by atoms with Gasteiger partial charge >= 0.3 is 0 Å². The predicted molar refractivity (Wildman–Crippen MR) is 79.5 cm³/mol. The molecule has 2 aromatic rings. The first-order valence-electron chi connectivity index (χ1n) is 6.53. The van der Waals surface area contributed by atoms with Gasteiger partial charge in [0.1, 0.15) is 0 Å². The molecule has 0 aliphatic rings. The van der Waals surface area contributed by atoms with E-state index < -0.39 is 5.97 Å². The third-order valence-electron chi connectivity index (χ3n) is 2.48. The predicted octanol–water partition coefficient (Wildman–Crippen LogP) is 3.30. The minimum atomic E-state index is -0.396. The average molecular weight is 455 g/mol. The summed E-state index contributed by atoms with van der Waals surface area (Å²) < 4.78 is 4.71. The Morgan fingerprint density at radius 2 is 1.95 bits per heavy atom. The molecule has 1 N–H and O–H groups in total. The molecule has 0 aliphatic carbocycles. The summed E-state index contributed by atoms with van der Waals surface area (Å²) >= 11 is 0. The molecule has 0 fully saturated rings. The van der Waals surface area contributed by atoms with Gasteiger partial charge in [-0.1, -0.05) is 13.8 Å². The summed E-state index contributed by atoms with van der Waals surface area (Å²) in [5.74, 6) is -0.396. The molecule has 0 radical (unpaired) electrons. The van der Waals surface area contributed by atoms with Crippen LogP contribution >= 0.6 is 0 Å². The molecule has 0 spiro atoms. The third-order valence-corrected chi connectivity index (χ3v) is 2.48. The Bertz CT molecular complexity index is 533. The Morgan fingerprint density at radius 3 is 2.57 bits per heavy atom. The van der Waals surface area contributed by atoms with Crippen LogP contribution in [0.15, 0.2) is 42.7 Å². The van der Waals surface area contributed by atoms with Gasteiger partial charge in [0.15, 0.2) is 0 Å². The Balaban J connectivity index is 0.00000128. The minimum Gasteiger partial charge on any atom is -0.509 e. The van der Waals surface area contributed by atoms with E-state index in [-0.39, 0.29) is 21.1 Å². The van der Waals surface area contributed by atoms with E-state index in [1.807, 2.05) is 38.1 Å². The van der Waals surface area contributed by atoms with Crippen LogP contribution in [0.5, 0.6) is 0 Å². The first-order valence-corrected chi connectivity index (χ1v) is 6.53. The smallest absolute Gasteiger partial charge is 0.251 e. The number of hydrogen-bond acceptors (Lipinski definition) is 4. The molecule has 0 atom stereocenters. The zero-order valence-electron chi connectivity index (χ0n) is 12.4. The van der Waals surface area contributed by atoms with Crippen molar-refractivity contribution in [2.24, 2.45) is 0 Å². The summed E-state index contributed by atoms with van der Waals surface area (Å²) in [7, 11) is 1.36. The Morgan fingerprint density at radius 1 is 1.29 bits per heavy atom. The number of nitrogens with zero attached hydrogens (tertiary/aromatic N) is 1. The summed E-state index contributed by atoms with van der Waals surface area (Å²) in [6, 6.07) is 12.0. The topological polar surface area (TPSA) is 51.2 Å². The molecule has 0 unspecified atom stereocenters. The molecule has 0 bridgehead atoms. The summed E-state index contributed by atoms with van der Waals surface area (Å²) in [5, 5.41) is 3.18. The van der Waals surface area contributed by atoms with E-state index in [1.165, 1.54) is 7.11 Å². The van der Waals surface area contributed by atoms with Gasteiger partial charge in [0.25, 0.3) is 5.97 Å². The van der Waals surface area contributed by atoms with Gasteiger partial charge in [-0.2, -0.15) is 0 Å². The molecule has 1 aromatic heterocycles. The molecular weight excluding hydrogens is 436 g/mol. The van der Waals surface area contributed by atoms with Crippen LogP contribution in [0.3, 0.4) is 0 Å². The number of pyridine rings is 1. The molecule has 2 rings (SSSR count). The summed E-state index contributed by atoms with van der Waals surface area (Å²) in [6.07, 6.45) is 3.46. The number of rotatable bonds is 4. The summed E-state index contributed by atoms with van der Waals surface area (Å²) in [4.78, 5) is 15.5. The van der Waals surface area contributed by atoms with Crippen LogP contribution in [0, 0.1) is 6.07 Å². The Kier molecular flexibility index (Phi) is 10.2. The van der Waals surface area contributed by atoms with Gasteiger partial charge in [-0.05, 0) is 28.9 Å². The monoisotopic (exact) mass is 455 g/mol. The fraction of sp³-hybridized carbons (Fsp3) is 0.250. The molecule has 1 aromatic carbocycles. The SMILES string of the molecule is CC.COC(=O)c1[c-]cccc1NCc1ccncc1.[W]. The molecule has 4 nitrogen and oxygen atoms in total. The number of hydrogen-bond donors (Lipinski definition) is 1. The molecule has 0 saturated carbocycles. The van der Waals surface area contributed by atoms with Crippen LogP contribution in [-0.4, -0.2) is 18.1 Å². The number of carbonyl (C=O) groups is 1. The second-order valence-electron chi connectivity index (χ2n) is 3.66. The molecule has 0 aliphatic heterocycles. The molecular formula is C16H19N2O2W-. The maximum atomic E-state index is 11.5. The number of benzene rings is 1. The van der Waals surface area contributed by atoms with Crippen molar-refractivity contribution < 1.29 is 30.6 Å². The van der Waals surface area contributed by atoms with Gasteiger partial charge < -0.3 is 14.8 Å². The standard InChI is InChI=1S/C14H13N2O2.C2H6.W/c1-18-14(17)12-4-2-3-5-13(12)16-10-11-6-8-15-9-7-11;1-2;/h2-3,5-9,16H,10H2,1H3;1-2H3;/q-1;;. The fourth-order valence-electron chi connectivity index (χ4n) is 1.55. The molecule has 21 heavy (non-hydrogen) atoms. The average Bonchev–Trinajstić information content (AvgIpc) is 2.55. The first kappa shape index (κ1) is 19.3. The maximum Gasteiger partial charge on any atom is 0.251 e. The van der Waals surface area contributed by atoms with E-state index in [1.54, 1.807) is 18.5 Å². The Labute approximate surface area is 140 Å². The number of esters is 1. The van der Waals surface area contributed by atoms with Crippen LogP contribution in [0.2, 0.25) is 0 Å². The van der Waals surface area contributed by atoms with Crippen molar-refractivity contribution in [3.8, 4) is 0 Å². The van der Waals surface area contributed by atoms with Gasteiger partial charge in [0.05, 0.1) is 7.11 Å². The molecule has 0 saturated heterocycles. The Hall–Kier alpha value is -1.67. The molecule has 1 heterocycles. The molecule has 0 amide bonds. The minimum absolute atomic E-state index is 0. The van der Waals surface area contributed by atoms with Crippen molar-refractivity contribution >= 4 is 11.7 Å². The van der Waals surface area contributed by atoms with Crippen molar-refractivity contribution in [3.63, 3.8) is 0 Å². The van der Waals surface area contributed by atoms with Gasteiger partial charge in [-0.15, -0.1) is 24.3 Å². The van der Waals surface area contributed by atoms with Gasteiger partial charge in [0.2, 0.25) is 0 Å². The van der Waals surface area contributed by atoms with Crippen molar-refractivity contribution in [1.29, 1.82) is 0 Å². The fourth-order valence-corrected chi connectivity index (χ4v) is 1.55. The van der Waals surface area contributed by atoms with Crippen molar-refractivity contribution in [2.75, 3.05) is 12.4 Å². The second kappa shape index (κ2) is 11.0. The quantitative estimate of drug-likeness (QED) is 0.568. The van der Waals surface area contributed by atoms with Gasteiger partial charge in [0, 0.05) is 40.0 Å². The van der Waals surface area contributed by atoms with E-state index in [0.717, 1.165) is 5.56 Å². The number of anilines is 1.